The maximum Gasteiger partial charge on any atom is 0.315 e. The first-order valence-electron chi connectivity index (χ1n) is 7.25. The minimum Gasteiger partial charge on any atom is -0.338 e. The van der Waals surface area contributed by atoms with Gasteiger partial charge in [-0.2, -0.15) is 0 Å². The topological polar surface area (TPSA) is 58.4 Å². The van der Waals surface area contributed by atoms with Gasteiger partial charge in [0.05, 0.1) is 12.2 Å². The molecule has 3 rings (SSSR count). The molecule has 5 heteroatoms. The number of imidazole rings is 1. The number of urea groups is 1. The van der Waals surface area contributed by atoms with Crippen LogP contribution < -0.4 is 10.6 Å². The molecular weight excluding hydrogens is 252 g/mol. The van der Waals surface area contributed by atoms with Crippen molar-refractivity contribution in [1.82, 2.24) is 20.0 Å². The van der Waals surface area contributed by atoms with Crippen LogP contribution in [0.5, 0.6) is 0 Å². The van der Waals surface area contributed by atoms with E-state index in [2.05, 4.69) is 15.6 Å². The Balaban J connectivity index is 1.47. The molecule has 1 fully saturated rings. The third-order valence-electron chi connectivity index (χ3n) is 3.87. The fraction of sp³-hybridized carbons (Fsp3) is 0.467. The van der Waals surface area contributed by atoms with Crippen LogP contribution in [0, 0.1) is 5.92 Å². The maximum atomic E-state index is 11.7. The van der Waals surface area contributed by atoms with E-state index in [0.717, 1.165) is 17.9 Å². The van der Waals surface area contributed by atoms with E-state index in [1.165, 1.54) is 25.7 Å². The molecular formula is C15H20N4O. The third-order valence-corrected chi connectivity index (χ3v) is 3.87. The fourth-order valence-electron chi connectivity index (χ4n) is 2.76. The smallest absolute Gasteiger partial charge is 0.315 e. The number of rotatable bonds is 4. The quantitative estimate of drug-likeness (QED) is 0.897. The van der Waals surface area contributed by atoms with Gasteiger partial charge in [-0.1, -0.05) is 18.9 Å². The number of nitrogens with zero attached hydrogens (tertiary/aromatic N) is 2. The average Bonchev–Trinajstić information content (AvgIpc) is 3.11. The molecule has 0 aliphatic heterocycles. The first-order chi connectivity index (χ1) is 9.81. The van der Waals surface area contributed by atoms with Crippen LogP contribution in [0.25, 0.3) is 5.65 Å². The number of amides is 2. The third kappa shape index (κ3) is 3.10. The van der Waals surface area contributed by atoms with Crippen molar-refractivity contribution in [3.05, 3.63) is 36.3 Å². The van der Waals surface area contributed by atoms with E-state index in [1.54, 1.807) is 0 Å². The number of fused-ring (bicyclic) bond motifs is 1. The summed E-state index contributed by atoms with van der Waals surface area (Å²) in [5, 5.41) is 5.80. The van der Waals surface area contributed by atoms with Crippen LogP contribution >= 0.6 is 0 Å². The molecule has 2 heterocycles. The zero-order chi connectivity index (χ0) is 13.8. The van der Waals surface area contributed by atoms with Gasteiger partial charge in [-0.15, -0.1) is 0 Å². The number of carbonyl (C=O) groups excluding carboxylic acids is 1. The zero-order valence-corrected chi connectivity index (χ0v) is 11.5. The molecule has 1 aliphatic rings. The first kappa shape index (κ1) is 13.0. The molecule has 0 radical (unpaired) electrons. The normalized spacial score (nSPS) is 15.6. The van der Waals surface area contributed by atoms with Gasteiger partial charge in [0.2, 0.25) is 0 Å². The van der Waals surface area contributed by atoms with E-state index in [1.807, 2.05) is 35.0 Å². The number of carbonyl (C=O) groups is 1. The van der Waals surface area contributed by atoms with Crippen molar-refractivity contribution in [2.24, 2.45) is 5.92 Å². The van der Waals surface area contributed by atoms with Crippen molar-refractivity contribution >= 4 is 11.7 Å². The van der Waals surface area contributed by atoms with Crippen LogP contribution in [0.15, 0.2) is 30.6 Å². The lowest BCUT2D eigenvalue weighted by molar-refractivity contribution is 0.238. The largest absolute Gasteiger partial charge is 0.338 e. The summed E-state index contributed by atoms with van der Waals surface area (Å²) in [6, 6.07) is 5.76. The molecule has 2 amide bonds. The molecule has 2 N–H and O–H groups in total. The summed E-state index contributed by atoms with van der Waals surface area (Å²) in [5.74, 6) is 0.663. The van der Waals surface area contributed by atoms with Gasteiger partial charge >= 0.3 is 6.03 Å². The fourth-order valence-corrected chi connectivity index (χ4v) is 2.76. The summed E-state index contributed by atoms with van der Waals surface area (Å²) in [7, 11) is 0. The minimum absolute atomic E-state index is 0.103. The SMILES string of the molecule is O=C(NCc1cn2ccccc2n1)NCC1CCCC1. The van der Waals surface area contributed by atoms with Crippen LogP contribution in [0.2, 0.25) is 0 Å². The summed E-state index contributed by atoms with van der Waals surface area (Å²) in [5.41, 5.74) is 1.77. The van der Waals surface area contributed by atoms with E-state index >= 15 is 0 Å². The van der Waals surface area contributed by atoms with Gasteiger partial charge in [0, 0.05) is 18.9 Å². The minimum atomic E-state index is -0.103. The lowest BCUT2D eigenvalue weighted by Gasteiger charge is -2.10. The molecule has 0 spiro atoms. The second kappa shape index (κ2) is 5.94. The maximum absolute atomic E-state index is 11.7. The molecule has 1 aliphatic carbocycles. The monoisotopic (exact) mass is 272 g/mol. The molecule has 106 valence electrons. The van der Waals surface area contributed by atoms with E-state index in [-0.39, 0.29) is 6.03 Å². The summed E-state index contributed by atoms with van der Waals surface area (Å²) in [4.78, 5) is 16.2. The van der Waals surface area contributed by atoms with Gasteiger partial charge < -0.3 is 15.0 Å². The molecule has 1 saturated carbocycles. The average molecular weight is 272 g/mol. The van der Waals surface area contributed by atoms with Crippen molar-refractivity contribution in [2.75, 3.05) is 6.54 Å². The molecule has 0 aromatic carbocycles. The van der Waals surface area contributed by atoms with E-state index in [4.69, 9.17) is 0 Å². The van der Waals surface area contributed by atoms with Crippen molar-refractivity contribution in [3.63, 3.8) is 0 Å². The molecule has 0 unspecified atom stereocenters. The zero-order valence-electron chi connectivity index (χ0n) is 11.5. The Hall–Kier alpha value is -2.04. The lowest BCUT2D eigenvalue weighted by atomic mass is 10.1. The molecule has 0 bridgehead atoms. The Bertz CT molecular complexity index is 553. The van der Waals surface area contributed by atoms with Crippen molar-refractivity contribution in [1.29, 1.82) is 0 Å². The molecule has 0 atom stereocenters. The lowest BCUT2D eigenvalue weighted by Crippen LogP contribution is -2.37. The molecule has 5 nitrogen and oxygen atoms in total. The van der Waals surface area contributed by atoms with Crippen LogP contribution in [-0.2, 0) is 6.54 Å². The van der Waals surface area contributed by atoms with Crippen molar-refractivity contribution in [2.45, 2.75) is 32.2 Å². The highest BCUT2D eigenvalue weighted by atomic mass is 16.2. The number of hydrogen-bond donors (Lipinski definition) is 2. The Morgan fingerprint density at radius 3 is 2.95 bits per heavy atom. The van der Waals surface area contributed by atoms with Gasteiger partial charge in [0.1, 0.15) is 5.65 Å². The van der Waals surface area contributed by atoms with Crippen LogP contribution in [0.3, 0.4) is 0 Å². The molecule has 2 aromatic heterocycles. The van der Waals surface area contributed by atoms with Crippen LogP contribution in [-0.4, -0.2) is 22.0 Å². The summed E-state index contributed by atoms with van der Waals surface area (Å²) >= 11 is 0. The second-order valence-electron chi connectivity index (χ2n) is 5.41. The summed E-state index contributed by atoms with van der Waals surface area (Å²) in [6.45, 7) is 1.25. The van der Waals surface area contributed by atoms with Gasteiger partial charge in [0.25, 0.3) is 0 Å². The van der Waals surface area contributed by atoms with Gasteiger partial charge in [0.15, 0.2) is 0 Å². The van der Waals surface area contributed by atoms with Crippen LogP contribution in [0.1, 0.15) is 31.4 Å². The molecule has 2 aromatic rings. The molecule has 0 saturated heterocycles. The van der Waals surface area contributed by atoms with Crippen molar-refractivity contribution in [3.8, 4) is 0 Å². The predicted octanol–water partition coefficient (Wildman–Crippen LogP) is 2.32. The number of aromatic nitrogens is 2. The predicted molar refractivity (Wildman–Crippen MR) is 77.4 cm³/mol. The van der Waals surface area contributed by atoms with Gasteiger partial charge in [-0.05, 0) is 30.9 Å². The Kier molecular flexibility index (Phi) is 3.85. The second-order valence-corrected chi connectivity index (χ2v) is 5.41. The van der Waals surface area contributed by atoms with E-state index in [9.17, 15) is 4.79 Å². The number of hydrogen-bond acceptors (Lipinski definition) is 2. The first-order valence-corrected chi connectivity index (χ1v) is 7.25. The number of nitrogens with one attached hydrogen (secondary N) is 2. The Labute approximate surface area is 118 Å². The molecule has 20 heavy (non-hydrogen) atoms. The Morgan fingerprint density at radius 1 is 1.30 bits per heavy atom. The number of pyridine rings is 1. The van der Waals surface area contributed by atoms with Gasteiger partial charge in [-0.3, -0.25) is 0 Å². The highest BCUT2D eigenvalue weighted by Gasteiger charge is 2.15. The summed E-state index contributed by atoms with van der Waals surface area (Å²) < 4.78 is 1.95. The van der Waals surface area contributed by atoms with E-state index in [0.29, 0.717) is 12.5 Å². The standard InChI is InChI=1S/C15H20N4O/c20-15(16-9-12-5-1-2-6-12)17-10-13-11-19-8-4-3-7-14(19)18-13/h3-4,7-8,11-12H,1-2,5-6,9-10H2,(H2,16,17,20). The van der Waals surface area contributed by atoms with Crippen molar-refractivity contribution < 1.29 is 4.79 Å². The Morgan fingerprint density at radius 2 is 2.15 bits per heavy atom. The van der Waals surface area contributed by atoms with Gasteiger partial charge in [-0.25, -0.2) is 9.78 Å². The van der Waals surface area contributed by atoms with E-state index < -0.39 is 0 Å². The van der Waals surface area contributed by atoms with Crippen LogP contribution in [0.4, 0.5) is 4.79 Å². The highest BCUT2D eigenvalue weighted by Crippen LogP contribution is 2.23. The summed E-state index contributed by atoms with van der Waals surface area (Å²) in [6.07, 6.45) is 8.97. The highest BCUT2D eigenvalue weighted by molar-refractivity contribution is 5.73.